The second kappa shape index (κ2) is 6.11. The summed E-state index contributed by atoms with van der Waals surface area (Å²) < 4.78 is 5.41. The van der Waals surface area contributed by atoms with Crippen LogP contribution in [-0.2, 0) is 4.74 Å². The SMILES string of the molecule is Cc1nc(Cl)c(C=O)c(NCC2CCCOC2)n1. The normalized spacial score (nSPS) is 19.6. The number of carbonyl (C=O) groups excluding carboxylic acids is 1. The lowest BCUT2D eigenvalue weighted by Crippen LogP contribution is -2.25. The lowest BCUT2D eigenvalue weighted by Gasteiger charge is -2.22. The fourth-order valence-electron chi connectivity index (χ4n) is 2.00. The summed E-state index contributed by atoms with van der Waals surface area (Å²) in [6.45, 7) is 4.07. The van der Waals surface area contributed by atoms with E-state index in [0.29, 0.717) is 29.4 Å². The molecule has 2 heterocycles. The molecule has 1 atom stereocenters. The third-order valence-corrected chi connectivity index (χ3v) is 3.23. The van der Waals surface area contributed by atoms with Gasteiger partial charge in [-0.05, 0) is 25.7 Å². The van der Waals surface area contributed by atoms with Gasteiger partial charge in [0.25, 0.3) is 0 Å². The lowest BCUT2D eigenvalue weighted by molar-refractivity contribution is 0.0595. The molecule has 0 spiro atoms. The van der Waals surface area contributed by atoms with Crippen LogP contribution in [0.1, 0.15) is 29.0 Å². The molecule has 0 bridgehead atoms. The predicted octanol–water partition coefficient (Wildman–Crippen LogP) is 2.09. The third-order valence-electron chi connectivity index (χ3n) is 2.94. The van der Waals surface area contributed by atoms with Gasteiger partial charge in [0.05, 0.1) is 12.2 Å². The molecule has 0 radical (unpaired) electrons. The first-order valence-electron chi connectivity index (χ1n) is 6.01. The van der Waals surface area contributed by atoms with Gasteiger partial charge in [-0.3, -0.25) is 4.79 Å². The van der Waals surface area contributed by atoms with Gasteiger partial charge in [-0.15, -0.1) is 0 Å². The lowest BCUT2D eigenvalue weighted by atomic mass is 10.0. The van der Waals surface area contributed by atoms with Crippen molar-refractivity contribution >= 4 is 23.7 Å². The molecular formula is C12H16ClN3O2. The van der Waals surface area contributed by atoms with Crippen molar-refractivity contribution in [3.05, 3.63) is 16.5 Å². The molecule has 1 saturated heterocycles. The monoisotopic (exact) mass is 269 g/mol. The molecule has 1 fully saturated rings. The van der Waals surface area contributed by atoms with Crippen molar-refractivity contribution < 1.29 is 9.53 Å². The molecule has 6 heteroatoms. The summed E-state index contributed by atoms with van der Waals surface area (Å²) >= 11 is 5.91. The summed E-state index contributed by atoms with van der Waals surface area (Å²) in [4.78, 5) is 19.2. The number of aromatic nitrogens is 2. The van der Waals surface area contributed by atoms with Crippen LogP contribution >= 0.6 is 11.6 Å². The van der Waals surface area contributed by atoms with Gasteiger partial charge in [0.2, 0.25) is 0 Å². The highest BCUT2D eigenvalue weighted by Gasteiger charge is 2.16. The highest BCUT2D eigenvalue weighted by Crippen LogP contribution is 2.20. The summed E-state index contributed by atoms with van der Waals surface area (Å²) in [6, 6.07) is 0. The molecule has 5 nitrogen and oxygen atoms in total. The zero-order chi connectivity index (χ0) is 13.0. The van der Waals surface area contributed by atoms with Gasteiger partial charge in [-0.1, -0.05) is 11.6 Å². The molecule has 0 aliphatic carbocycles. The maximum atomic E-state index is 11.0. The van der Waals surface area contributed by atoms with Crippen LogP contribution in [0.2, 0.25) is 5.15 Å². The Morgan fingerprint density at radius 1 is 1.56 bits per heavy atom. The number of halogens is 1. The Labute approximate surface area is 111 Å². The van der Waals surface area contributed by atoms with Crippen molar-refractivity contribution in [1.29, 1.82) is 0 Å². The van der Waals surface area contributed by atoms with Crippen LogP contribution in [0, 0.1) is 12.8 Å². The largest absolute Gasteiger partial charge is 0.381 e. The van der Waals surface area contributed by atoms with Gasteiger partial charge in [-0.25, -0.2) is 9.97 Å². The summed E-state index contributed by atoms with van der Waals surface area (Å²) in [5.41, 5.74) is 0.319. The van der Waals surface area contributed by atoms with Crippen LogP contribution in [0.4, 0.5) is 5.82 Å². The van der Waals surface area contributed by atoms with Gasteiger partial charge >= 0.3 is 0 Å². The number of rotatable bonds is 4. The number of aldehydes is 1. The van der Waals surface area contributed by atoms with E-state index >= 15 is 0 Å². The molecule has 98 valence electrons. The number of carbonyl (C=O) groups is 1. The van der Waals surface area contributed by atoms with E-state index in [1.807, 2.05) is 0 Å². The van der Waals surface area contributed by atoms with Crippen molar-refractivity contribution in [3.63, 3.8) is 0 Å². The summed E-state index contributed by atoms with van der Waals surface area (Å²) in [5.74, 6) is 1.51. The first-order valence-corrected chi connectivity index (χ1v) is 6.39. The van der Waals surface area contributed by atoms with Crippen LogP contribution in [0.3, 0.4) is 0 Å². The van der Waals surface area contributed by atoms with Gasteiger partial charge in [0.1, 0.15) is 16.8 Å². The summed E-state index contributed by atoms with van der Waals surface area (Å²) in [6.07, 6.45) is 2.89. The van der Waals surface area contributed by atoms with E-state index in [-0.39, 0.29) is 5.15 Å². The molecule has 1 aromatic heterocycles. The first kappa shape index (κ1) is 13.2. The van der Waals surface area contributed by atoms with Gasteiger partial charge in [0, 0.05) is 13.2 Å². The smallest absolute Gasteiger partial charge is 0.156 e. The van der Waals surface area contributed by atoms with E-state index in [9.17, 15) is 4.79 Å². The predicted molar refractivity (Wildman–Crippen MR) is 69.2 cm³/mol. The topological polar surface area (TPSA) is 64.1 Å². The van der Waals surface area contributed by atoms with E-state index in [4.69, 9.17) is 16.3 Å². The van der Waals surface area contributed by atoms with Gasteiger partial charge in [-0.2, -0.15) is 0 Å². The zero-order valence-electron chi connectivity index (χ0n) is 10.3. The van der Waals surface area contributed by atoms with E-state index in [0.717, 1.165) is 32.6 Å². The number of aryl methyl sites for hydroxylation is 1. The Bertz CT molecular complexity index is 434. The van der Waals surface area contributed by atoms with Crippen molar-refractivity contribution in [1.82, 2.24) is 9.97 Å². The average molecular weight is 270 g/mol. The minimum Gasteiger partial charge on any atom is -0.381 e. The Kier molecular flexibility index (Phi) is 4.49. The van der Waals surface area contributed by atoms with Gasteiger partial charge in [0.15, 0.2) is 6.29 Å². The highest BCUT2D eigenvalue weighted by molar-refractivity contribution is 6.32. The Hall–Kier alpha value is -1.20. The molecule has 1 aromatic rings. The van der Waals surface area contributed by atoms with Crippen molar-refractivity contribution in [2.45, 2.75) is 19.8 Å². The maximum absolute atomic E-state index is 11.0. The Morgan fingerprint density at radius 2 is 2.39 bits per heavy atom. The molecular weight excluding hydrogens is 254 g/mol. The van der Waals surface area contributed by atoms with Crippen LogP contribution in [0.5, 0.6) is 0 Å². The van der Waals surface area contributed by atoms with Crippen LogP contribution in [0.15, 0.2) is 0 Å². The number of nitrogens with zero attached hydrogens (tertiary/aromatic N) is 2. The van der Waals surface area contributed by atoms with Crippen molar-refractivity contribution in [2.75, 3.05) is 25.1 Å². The third kappa shape index (κ3) is 3.17. The number of ether oxygens (including phenoxy) is 1. The Balaban J connectivity index is 2.05. The molecule has 1 unspecified atom stereocenters. The second-order valence-corrected chi connectivity index (χ2v) is 4.76. The quantitative estimate of drug-likeness (QED) is 0.670. The van der Waals surface area contributed by atoms with E-state index in [1.165, 1.54) is 0 Å². The number of nitrogens with one attached hydrogen (secondary N) is 1. The number of anilines is 1. The zero-order valence-corrected chi connectivity index (χ0v) is 11.0. The standard InChI is InChI=1S/C12H16ClN3O2/c1-8-15-11(13)10(6-17)12(16-8)14-5-9-3-2-4-18-7-9/h6,9H,2-5,7H2,1H3,(H,14,15,16). The summed E-state index contributed by atoms with van der Waals surface area (Å²) in [5, 5.41) is 3.36. The molecule has 0 aromatic carbocycles. The minimum atomic E-state index is 0.194. The van der Waals surface area contributed by atoms with Crippen molar-refractivity contribution in [2.24, 2.45) is 5.92 Å². The molecule has 0 saturated carbocycles. The number of hydrogen-bond donors (Lipinski definition) is 1. The van der Waals surface area contributed by atoms with E-state index in [2.05, 4.69) is 15.3 Å². The Morgan fingerprint density at radius 3 is 3.06 bits per heavy atom. The molecule has 1 aliphatic rings. The molecule has 0 amide bonds. The fraction of sp³-hybridized carbons (Fsp3) is 0.583. The molecule has 1 N–H and O–H groups in total. The van der Waals surface area contributed by atoms with Crippen LogP contribution < -0.4 is 5.32 Å². The molecule has 2 rings (SSSR count). The molecule has 1 aliphatic heterocycles. The fourth-order valence-corrected chi connectivity index (χ4v) is 2.25. The molecule has 18 heavy (non-hydrogen) atoms. The van der Waals surface area contributed by atoms with Crippen LogP contribution in [-0.4, -0.2) is 36.0 Å². The summed E-state index contributed by atoms with van der Waals surface area (Å²) in [7, 11) is 0. The maximum Gasteiger partial charge on any atom is 0.156 e. The number of hydrogen-bond acceptors (Lipinski definition) is 5. The second-order valence-electron chi connectivity index (χ2n) is 4.41. The average Bonchev–Trinajstić information content (AvgIpc) is 2.37. The van der Waals surface area contributed by atoms with Crippen LogP contribution in [0.25, 0.3) is 0 Å². The van der Waals surface area contributed by atoms with E-state index < -0.39 is 0 Å². The highest BCUT2D eigenvalue weighted by atomic mass is 35.5. The minimum absolute atomic E-state index is 0.194. The van der Waals surface area contributed by atoms with E-state index in [1.54, 1.807) is 6.92 Å². The van der Waals surface area contributed by atoms with Gasteiger partial charge < -0.3 is 10.1 Å². The van der Waals surface area contributed by atoms with Crippen molar-refractivity contribution in [3.8, 4) is 0 Å². The first-order chi connectivity index (χ1) is 8.70.